The maximum absolute atomic E-state index is 12.5. The molecule has 2 aromatic rings. The molecule has 0 saturated heterocycles. The number of carbonyl (C=O) groups excluding carboxylic acids is 2. The van der Waals surface area contributed by atoms with Crippen LogP contribution in [0.25, 0.3) is 0 Å². The fourth-order valence-electron chi connectivity index (χ4n) is 2.79. The molecule has 0 aliphatic rings. The lowest BCUT2D eigenvalue weighted by molar-refractivity contribution is -0.145. The van der Waals surface area contributed by atoms with Gasteiger partial charge in [-0.05, 0) is 63.1 Å². The Labute approximate surface area is 183 Å². The summed E-state index contributed by atoms with van der Waals surface area (Å²) in [5.74, 6) is -0.383. The molecule has 0 saturated carbocycles. The first-order valence-corrected chi connectivity index (χ1v) is 11.4. The lowest BCUT2D eigenvalue weighted by atomic mass is 10.1. The Kier molecular flexibility index (Phi) is 9.02. The highest BCUT2D eigenvalue weighted by molar-refractivity contribution is 7.89. The van der Waals surface area contributed by atoms with Crippen molar-refractivity contribution in [1.82, 2.24) is 10.0 Å². The van der Waals surface area contributed by atoms with Gasteiger partial charge in [-0.3, -0.25) is 4.79 Å². The maximum Gasteiger partial charge on any atom is 0.328 e. The smallest absolute Gasteiger partial charge is 0.328 e. The highest BCUT2D eigenvalue weighted by Crippen LogP contribution is 2.13. The minimum absolute atomic E-state index is 0.116. The zero-order chi connectivity index (χ0) is 22.9. The van der Waals surface area contributed by atoms with Crippen LogP contribution < -0.4 is 14.8 Å². The van der Waals surface area contributed by atoms with Gasteiger partial charge in [0.25, 0.3) is 5.91 Å². The van der Waals surface area contributed by atoms with Gasteiger partial charge in [0.1, 0.15) is 11.8 Å². The fraction of sp³-hybridized carbons (Fsp3) is 0.364. The van der Waals surface area contributed by atoms with Crippen molar-refractivity contribution in [2.24, 2.45) is 0 Å². The summed E-state index contributed by atoms with van der Waals surface area (Å²) in [7, 11) is -2.12. The van der Waals surface area contributed by atoms with Gasteiger partial charge in [-0.2, -0.15) is 0 Å². The van der Waals surface area contributed by atoms with Crippen LogP contribution in [0.2, 0.25) is 0 Å². The van der Waals surface area contributed by atoms with Gasteiger partial charge in [-0.25, -0.2) is 17.9 Å². The van der Waals surface area contributed by atoms with Gasteiger partial charge in [0.2, 0.25) is 10.0 Å². The zero-order valence-corrected chi connectivity index (χ0v) is 18.7. The topological polar surface area (TPSA) is 111 Å². The number of hydrogen-bond acceptors (Lipinski definition) is 6. The molecule has 0 aliphatic carbocycles. The number of methoxy groups -OCH3 is 1. The second kappa shape index (κ2) is 11.5. The molecule has 168 valence electrons. The molecule has 0 aliphatic heterocycles. The quantitative estimate of drug-likeness (QED) is 0.403. The number of aryl methyl sites for hydroxylation is 1. The summed E-state index contributed by atoms with van der Waals surface area (Å²) in [4.78, 5) is 24.9. The summed E-state index contributed by atoms with van der Waals surface area (Å²) in [6.45, 7) is 3.84. The summed E-state index contributed by atoms with van der Waals surface area (Å²) in [5.41, 5.74) is 1.33. The van der Waals surface area contributed by atoms with E-state index in [1.807, 2.05) is 6.92 Å². The molecule has 2 aromatic carbocycles. The van der Waals surface area contributed by atoms with Crippen molar-refractivity contribution in [3.05, 3.63) is 59.7 Å². The third-order valence-corrected chi connectivity index (χ3v) is 6.00. The van der Waals surface area contributed by atoms with Gasteiger partial charge in [0, 0.05) is 12.1 Å². The summed E-state index contributed by atoms with van der Waals surface area (Å²) in [5, 5.41) is 2.66. The lowest BCUT2D eigenvalue weighted by Crippen LogP contribution is -2.42. The number of hydrogen-bond donors (Lipinski definition) is 2. The summed E-state index contributed by atoms with van der Waals surface area (Å²) in [6, 6.07) is 12.1. The van der Waals surface area contributed by atoms with E-state index >= 15 is 0 Å². The highest BCUT2D eigenvalue weighted by Gasteiger charge is 2.23. The Morgan fingerprint density at radius 2 is 1.68 bits per heavy atom. The van der Waals surface area contributed by atoms with Gasteiger partial charge < -0.3 is 14.8 Å². The molecule has 0 spiro atoms. The first-order valence-electron chi connectivity index (χ1n) is 9.94. The lowest BCUT2D eigenvalue weighted by Gasteiger charge is -2.17. The molecule has 8 nitrogen and oxygen atoms in total. The predicted molar refractivity (Wildman–Crippen MR) is 116 cm³/mol. The Morgan fingerprint density at radius 1 is 1.03 bits per heavy atom. The molecule has 9 heteroatoms. The van der Waals surface area contributed by atoms with Crippen molar-refractivity contribution in [2.45, 2.75) is 37.6 Å². The average Bonchev–Trinajstić information content (AvgIpc) is 2.76. The number of benzene rings is 2. The monoisotopic (exact) mass is 448 g/mol. The van der Waals surface area contributed by atoms with E-state index in [-0.39, 0.29) is 24.5 Å². The molecule has 31 heavy (non-hydrogen) atoms. The van der Waals surface area contributed by atoms with E-state index in [9.17, 15) is 18.0 Å². The van der Waals surface area contributed by atoms with Crippen LogP contribution in [-0.4, -0.2) is 46.6 Å². The molecular weight excluding hydrogens is 420 g/mol. The van der Waals surface area contributed by atoms with E-state index in [1.165, 1.54) is 19.2 Å². The fourth-order valence-corrected chi connectivity index (χ4v) is 3.86. The summed E-state index contributed by atoms with van der Waals surface area (Å²) < 4.78 is 37.3. The van der Waals surface area contributed by atoms with E-state index in [1.54, 1.807) is 43.3 Å². The zero-order valence-electron chi connectivity index (χ0n) is 17.9. The summed E-state index contributed by atoms with van der Waals surface area (Å²) in [6.07, 6.45) is 0.550. The average molecular weight is 449 g/mol. The van der Waals surface area contributed by atoms with E-state index in [4.69, 9.17) is 9.47 Å². The molecule has 0 aromatic heterocycles. The van der Waals surface area contributed by atoms with Gasteiger partial charge in [0.05, 0.1) is 18.6 Å². The molecule has 0 fully saturated rings. The Bertz CT molecular complexity index is 972. The van der Waals surface area contributed by atoms with Crippen LogP contribution in [0.5, 0.6) is 5.75 Å². The van der Waals surface area contributed by atoms with Crippen molar-refractivity contribution < 1.29 is 27.5 Å². The second-order valence-corrected chi connectivity index (χ2v) is 8.63. The van der Waals surface area contributed by atoms with Crippen LogP contribution in [-0.2, 0) is 19.6 Å². The minimum Gasteiger partial charge on any atom is -0.497 e. The van der Waals surface area contributed by atoms with E-state index in [0.29, 0.717) is 17.7 Å². The van der Waals surface area contributed by atoms with Gasteiger partial charge in [-0.1, -0.05) is 17.7 Å². The largest absolute Gasteiger partial charge is 0.497 e. The normalized spacial score (nSPS) is 12.1. The van der Waals surface area contributed by atoms with Crippen LogP contribution in [0.15, 0.2) is 53.4 Å². The first kappa shape index (κ1) is 24.4. The van der Waals surface area contributed by atoms with E-state index < -0.39 is 27.9 Å². The number of esters is 1. The van der Waals surface area contributed by atoms with Gasteiger partial charge in [0.15, 0.2) is 0 Å². The SMILES string of the molecule is CCOC(=O)C(CCCNS(=O)(=O)c1ccc(C)cc1)NC(=O)c1ccc(OC)cc1. The van der Waals surface area contributed by atoms with Gasteiger partial charge >= 0.3 is 5.97 Å². The Morgan fingerprint density at radius 3 is 2.26 bits per heavy atom. The second-order valence-electron chi connectivity index (χ2n) is 6.86. The standard InChI is InChI=1S/C22H28N2O6S/c1-4-30-22(26)20(24-21(25)17-9-11-18(29-3)12-10-17)6-5-15-23-31(27,28)19-13-7-16(2)8-14-19/h7-14,20,23H,4-6,15H2,1-3H3,(H,24,25). The van der Waals surface area contributed by atoms with Crippen LogP contribution in [0.3, 0.4) is 0 Å². The third-order valence-electron chi connectivity index (χ3n) is 4.52. The number of sulfonamides is 1. The Hall–Kier alpha value is -2.91. The highest BCUT2D eigenvalue weighted by atomic mass is 32.2. The van der Waals surface area contributed by atoms with Crippen LogP contribution in [0.4, 0.5) is 0 Å². The molecule has 0 radical (unpaired) electrons. The minimum atomic E-state index is -3.64. The number of rotatable bonds is 11. The third kappa shape index (κ3) is 7.37. The predicted octanol–water partition coefficient (Wildman–Crippen LogP) is 2.42. The number of carbonyl (C=O) groups is 2. The van der Waals surface area contributed by atoms with Crippen molar-refractivity contribution in [3.8, 4) is 5.75 Å². The van der Waals surface area contributed by atoms with E-state index in [0.717, 1.165) is 5.56 Å². The molecule has 2 N–H and O–H groups in total. The Balaban J connectivity index is 1.95. The number of nitrogens with one attached hydrogen (secondary N) is 2. The maximum atomic E-state index is 12.5. The van der Waals surface area contributed by atoms with Crippen LogP contribution >= 0.6 is 0 Å². The molecule has 0 heterocycles. The van der Waals surface area contributed by atoms with Gasteiger partial charge in [-0.15, -0.1) is 0 Å². The van der Waals surface area contributed by atoms with Crippen molar-refractivity contribution in [2.75, 3.05) is 20.3 Å². The number of amides is 1. The molecule has 1 atom stereocenters. The molecule has 1 amide bonds. The molecular formula is C22H28N2O6S. The van der Waals surface area contributed by atoms with Crippen molar-refractivity contribution in [3.63, 3.8) is 0 Å². The summed E-state index contributed by atoms with van der Waals surface area (Å²) >= 11 is 0. The van der Waals surface area contributed by atoms with Crippen LogP contribution in [0.1, 0.15) is 35.7 Å². The van der Waals surface area contributed by atoms with Crippen molar-refractivity contribution in [1.29, 1.82) is 0 Å². The van der Waals surface area contributed by atoms with E-state index in [2.05, 4.69) is 10.0 Å². The molecule has 1 unspecified atom stereocenters. The first-order chi connectivity index (χ1) is 14.8. The number of ether oxygens (including phenoxy) is 2. The molecule has 0 bridgehead atoms. The van der Waals surface area contributed by atoms with Crippen LogP contribution in [0, 0.1) is 6.92 Å². The van der Waals surface area contributed by atoms with Crippen molar-refractivity contribution >= 4 is 21.9 Å². The molecule has 2 rings (SSSR count).